The number of nitrogens with zero attached hydrogens (tertiary/aromatic N) is 1. The van der Waals surface area contributed by atoms with Crippen molar-refractivity contribution in [2.45, 2.75) is 19.8 Å². The van der Waals surface area contributed by atoms with E-state index >= 15 is 0 Å². The van der Waals surface area contributed by atoms with Crippen molar-refractivity contribution < 1.29 is 9.59 Å². The van der Waals surface area contributed by atoms with E-state index in [-0.39, 0.29) is 11.6 Å². The molecule has 0 N–H and O–H groups in total. The fourth-order valence-electron chi connectivity index (χ4n) is 3.77. The average Bonchev–Trinajstić information content (AvgIpc) is 2.96. The molecule has 0 aliphatic carbocycles. The SMILES string of the molecule is CC(=O)C(C(C)=O)c1ccc(-n2c3ccccc3c3ccccc32)cc1. The van der Waals surface area contributed by atoms with E-state index in [1.807, 2.05) is 48.5 Å². The fourth-order valence-corrected chi connectivity index (χ4v) is 3.77. The van der Waals surface area contributed by atoms with E-state index in [4.69, 9.17) is 0 Å². The Morgan fingerprint density at radius 2 is 1.15 bits per heavy atom. The quantitative estimate of drug-likeness (QED) is 0.488. The predicted molar refractivity (Wildman–Crippen MR) is 105 cm³/mol. The first-order chi connectivity index (χ1) is 12.6. The van der Waals surface area contributed by atoms with E-state index in [0.29, 0.717) is 0 Å². The molecule has 128 valence electrons. The zero-order chi connectivity index (χ0) is 18.3. The molecule has 0 aliphatic heterocycles. The van der Waals surface area contributed by atoms with Crippen LogP contribution in [0.4, 0.5) is 0 Å². The Hall–Kier alpha value is -3.20. The van der Waals surface area contributed by atoms with Gasteiger partial charge in [0.05, 0.1) is 11.0 Å². The van der Waals surface area contributed by atoms with Crippen molar-refractivity contribution >= 4 is 33.4 Å². The van der Waals surface area contributed by atoms with Gasteiger partial charge in [-0.1, -0.05) is 48.5 Å². The van der Waals surface area contributed by atoms with Crippen molar-refractivity contribution in [2.75, 3.05) is 0 Å². The number of benzene rings is 3. The molecule has 4 rings (SSSR count). The van der Waals surface area contributed by atoms with Crippen LogP contribution in [0.1, 0.15) is 25.3 Å². The fraction of sp³-hybridized carbons (Fsp3) is 0.130. The van der Waals surface area contributed by atoms with Crippen LogP contribution in [-0.2, 0) is 9.59 Å². The molecule has 3 aromatic carbocycles. The Labute approximate surface area is 151 Å². The number of ketones is 2. The molecule has 0 fully saturated rings. The highest BCUT2D eigenvalue weighted by Gasteiger charge is 2.21. The molecular formula is C23H19NO2. The second kappa shape index (κ2) is 6.26. The predicted octanol–water partition coefficient (Wildman–Crippen LogP) is 5.05. The summed E-state index contributed by atoms with van der Waals surface area (Å²) in [5, 5.41) is 2.41. The highest BCUT2D eigenvalue weighted by Crippen LogP contribution is 2.32. The van der Waals surface area contributed by atoms with Gasteiger partial charge in [-0.15, -0.1) is 0 Å². The van der Waals surface area contributed by atoms with Crippen molar-refractivity contribution in [2.24, 2.45) is 0 Å². The summed E-state index contributed by atoms with van der Waals surface area (Å²) in [6, 6.07) is 24.4. The van der Waals surface area contributed by atoms with Gasteiger partial charge in [0.25, 0.3) is 0 Å². The summed E-state index contributed by atoms with van der Waals surface area (Å²) < 4.78 is 2.21. The molecule has 0 radical (unpaired) electrons. The molecule has 0 saturated heterocycles. The highest BCUT2D eigenvalue weighted by atomic mass is 16.1. The summed E-state index contributed by atoms with van der Waals surface area (Å²) >= 11 is 0. The molecule has 0 amide bonds. The largest absolute Gasteiger partial charge is 0.309 e. The molecule has 0 spiro atoms. The van der Waals surface area contributed by atoms with E-state index in [2.05, 4.69) is 28.8 Å². The third-order valence-electron chi connectivity index (χ3n) is 4.88. The first-order valence-electron chi connectivity index (χ1n) is 8.67. The van der Waals surface area contributed by atoms with Crippen LogP contribution in [0, 0.1) is 0 Å². The van der Waals surface area contributed by atoms with Crippen LogP contribution in [-0.4, -0.2) is 16.1 Å². The Morgan fingerprint density at radius 1 is 0.692 bits per heavy atom. The number of carbonyl (C=O) groups excluding carboxylic acids is 2. The minimum absolute atomic E-state index is 0.123. The molecule has 3 nitrogen and oxygen atoms in total. The van der Waals surface area contributed by atoms with Gasteiger partial charge in [0.15, 0.2) is 0 Å². The summed E-state index contributed by atoms with van der Waals surface area (Å²) in [6.07, 6.45) is 0. The van der Waals surface area contributed by atoms with Gasteiger partial charge in [0.2, 0.25) is 0 Å². The van der Waals surface area contributed by atoms with Gasteiger partial charge in [-0.25, -0.2) is 0 Å². The molecule has 1 aromatic heterocycles. The van der Waals surface area contributed by atoms with Crippen LogP contribution in [0.2, 0.25) is 0 Å². The smallest absolute Gasteiger partial charge is 0.144 e. The number of carbonyl (C=O) groups is 2. The Bertz CT molecular complexity index is 1070. The van der Waals surface area contributed by atoms with Crippen LogP contribution in [0.5, 0.6) is 0 Å². The first kappa shape index (κ1) is 16.3. The molecule has 0 atom stereocenters. The molecule has 4 aromatic rings. The van der Waals surface area contributed by atoms with Gasteiger partial charge >= 0.3 is 0 Å². The van der Waals surface area contributed by atoms with E-state index < -0.39 is 5.92 Å². The van der Waals surface area contributed by atoms with Crippen LogP contribution in [0.3, 0.4) is 0 Å². The maximum atomic E-state index is 11.8. The molecule has 0 unspecified atom stereocenters. The molecule has 0 saturated carbocycles. The van der Waals surface area contributed by atoms with Crippen molar-refractivity contribution in [1.82, 2.24) is 4.57 Å². The Morgan fingerprint density at radius 3 is 1.62 bits per heavy atom. The maximum Gasteiger partial charge on any atom is 0.144 e. The average molecular weight is 341 g/mol. The summed E-state index contributed by atoms with van der Waals surface area (Å²) in [5.41, 5.74) is 4.03. The van der Waals surface area contributed by atoms with E-state index in [1.54, 1.807) is 0 Å². The Balaban J connectivity index is 1.90. The van der Waals surface area contributed by atoms with Gasteiger partial charge in [0.1, 0.15) is 17.5 Å². The lowest BCUT2D eigenvalue weighted by atomic mass is 9.92. The molecule has 0 bridgehead atoms. The zero-order valence-corrected chi connectivity index (χ0v) is 14.8. The van der Waals surface area contributed by atoms with Gasteiger partial charge in [-0.05, 0) is 43.7 Å². The Kier molecular flexibility index (Phi) is 3.92. The van der Waals surface area contributed by atoms with E-state index in [0.717, 1.165) is 22.3 Å². The van der Waals surface area contributed by atoms with Gasteiger partial charge < -0.3 is 4.57 Å². The lowest BCUT2D eigenvalue weighted by Crippen LogP contribution is -2.17. The number of Topliss-reactive ketones (excluding diaryl/α,β-unsaturated/α-hetero) is 2. The number of rotatable bonds is 4. The lowest BCUT2D eigenvalue weighted by Gasteiger charge is -2.13. The monoisotopic (exact) mass is 341 g/mol. The second-order valence-corrected chi connectivity index (χ2v) is 6.62. The minimum Gasteiger partial charge on any atom is -0.309 e. The maximum absolute atomic E-state index is 11.8. The van der Waals surface area contributed by atoms with E-state index in [1.165, 1.54) is 24.6 Å². The summed E-state index contributed by atoms with van der Waals surface area (Å²) in [7, 11) is 0. The zero-order valence-electron chi connectivity index (χ0n) is 14.8. The standard InChI is InChI=1S/C23H19NO2/c1-15(25)23(16(2)26)17-11-13-18(14-12-17)24-21-9-5-3-7-19(21)20-8-4-6-10-22(20)24/h3-14,23H,1-2H3. The minimum atomic E-state index is -0.679. The summed E-state index contributed by atoms with van der Waals surface area (Å²) in [5.74, 6) is -0.925. The van der Waals surface area contributed by atoms with Gasteiger partial charge in [-0.2, -0.15) is 0 Å². The summed E-state index contributed by atoms with van der Waals surface area (Å²) in [4.78, 5) is 23.6. The third kappa shape index (κ3) is 2.53. The topological polar surface area (TPSA) is 39.1 Å². The molecule has 26 heavy (non-hydrogen) atoms. The number of fused-ring (bicyclic) bond motifs is 3. The molecule has 1 heterocycles. The van der Waals surface area contributed by atoms with Crippen LogP contribution in [0.25, 0.3) is 27.5 Å². The highest BCUT2D eigenvalue weighted by molar-refractivity contribution is 6.09. The van der Waals surface area contributed by atoms with Crippen molar-refractivity contribution in [3.8, 4) is 5.69 Å². The van der Waals surface area contributed by atoms with Crippen LogP contribution in [0.15, 0.2) is 72.8 Å². The number of para-hydroxylation sites is 2. The number of hydrogen-bond donors (Lipinski definition) is 0. The molecule has 0 aliphatic rings. The normalized spacial score (nSPS) is 11.3. The number of hydrogen-bond acceptors (Lipinski definition) is 2. The van der Waals surface area contributed by atoms with E-state index in [9.17, 15) is 9.59 Å². The number of aromatic nitrogens is 1. The van der Waals surface area contributed by atoms with Crippen molar-refractivity contribution in [1.29, 1.82) is 0 Å². The van der Waals surface area contributed by atoms with Gasteiger partial charge in [0, 0.05) is 16.5 Å². The van der Waals surface area contributed by atoms with Crippen molar-refractivity contribution in [3.05, 3.63) is 78.4 Å². The lowest BCUT2D eigenvalue weighted by molar-refractivity contribution is -0.126. The third-order valence-corrected chi connectivity index (χ3v) is 4.88. The molecular weight excluding hydrogens is 322 g/mol. The van der Waals surface area contributed by atoms with Crippen molar-refractivity contribution in [3.63, 3.8) is 0 Å². The van der Waals surface area contributed by atoms with Crippen LogP contribution < -0.4 is 0 Å². The summed E-state index contributed by atoms with van der Waals surface area (Å²) in [6.45, 7) is 2.93. The second-order valence-electron chi connectivity index (χ2n) is 6.62. The molecule has 3 heteroatoms. The first-order valence-corrected chi connectivity index (χ1v) is 8.67. The van der Waals surface area contributed by atoms with Gasteiger partial charge in [-0.3, -0.25) is 9.59 Å². The van der Waals surface area contributed by atoms with Crippen LogP contribution >= 0.6 is 0 Å².